The molecule has 4 aliphatic rings. The standard InChI is InChI=1S/C22H39NO3/c24-19-7-1-15(2-8-19)22(16-3-9-20(25)10-4-16)17-5-11-21(12-6-17)26-14-18-13-23-18/h15-25H,1-14H2. The van der Waals surface area contributed by atoms with E-state index in [0.29, 0.717) is 12.1 Å². The molecule has 4 fully saturated rings. The highest BCUT2D eigenvalue weighted by molar-refractivity contribution is 4.91. The van der Waals surface area contributed by atoms with Crippen molar-refractivity contribution in [2.75, 3.05) is 13.2 Å². The Morgan fingerprint density at radius 3 is 1.54 bits per heavy atom. The van der Waals surface area contributed by atoms with Crippen LogP contribution in [0, 0.1) is 23.7 Å². The zero-order chi connectivity index (χ0) is 17.9. The zero-order valence-electron chi connectivity index (χ0n) is 16.3. The van der Waals surface area contributed by atoms with Crippen molar-refractivity contribution in [2.45, 2.75) is 101 Å². The number of hydrogen-bond donors (Lipinski definition) is 3. The number of aliphatic hydroxyl groups excluding tert-OH is 2. The molecule has 1 aliphatic heterocycles. The maximum atomic E-state index is 9.95. The topological polar surface area (TPSA) is 71.6 Å². The summed E-state index contributed by atoms with van der Waals surface area (Å²) in [5.74, 6) is 3.27. The van der Waals surface area contributed by atoms with E-state index in [2.05, 4.69) is 5.32 Å². The monoisotopic (exact) mass is 365 g/mol. The van der Waals surface area contributed by atoms with Crippen LogP contribution in [-0.4, -0.2) is 47.7 Å². The molecule has 3 saturated carbocycles. The lowest BCUT2D eigenvalue weighted by Crippen LogP contribution is -2.38. The SMILES string of the molecule is OC1CCC(C(C2CCC(O)CC2)C2CCC(OCC3CN3)CC2)CC1. The van der Waals surface area contributed by atoms with Crippen molar-refractivity contribution in [1.82, 2.24) is 5.32 Å². The van der Waals surface area contributed by atoms with Crippen LogP contribution in [-0.2, 0) is 4.74 Å². The molecular formula is C22H39NO3. The van der Waals surface area contributed by atoms with E-state index in [1.807, 2.05) is 0 Å². The molecule has 0 amide bonds. The smallest absolute Gasteiger partial charge is 0.0635 e. The van der Waals surface area contributed by atoms with Crippen molar-refractivity contribution in [3.63, 3.8) is 0 Å². The van der Waals surface area contributed by atoms with Crippen LogP contribution in [0.5, 0.6) is 0 Å². The van der Waals surface area contributed by atoms with E-state index in [9.17, 15) is 10.2 Å². The fourth-order valence-electron chi connectivity index (χ4n) is 6.22. The van der Waals surface area contributed by atoms with E-state index < -0.39 is 0 Å². The predicted octanol–water partition coefficient (Wildman–Crippen LogP) is 3.25. The summed E-state index contributed by atoms with van der Waals surface area (Å²) in [5, 5.41) is 23.2. The fraction of sp³-hybridized carbons (Fsp3) is 1.00. The molecule has 3 aliphatic carbocycles. The Bertz CT molecular complexity index is 395. The molecule has 4 nitrogen and oxygen atoms in total. The van der Waals surface area contributed by atoms with Crippen molar-refractivity contribution in [3.05, 3.63) is 0 Å². The predicted molar refractivity (Wildman–Crippen MR) is 103 cm³/mol. The maximum absolute atomic E-state index is 9.95. The van der Waals surface area contributed by atoms with Crippen LogP contribution in [0.2, 0.25) is 0 Å². The Morgan fingerprint density at radius 2 is 1.12 bits per heavy atom. The first-order valence-corrected chi connectivity index (χ1v) is 11.4. The van der Waals surface area contributed by atoms with Crippen LogP contribution in [0.1, 0.15) is 77.0 Å². The fourth-order valence-corrected chi connectivity index (χ4v) is 6.22. The van der Waals surface area contributed by atoms with Gasteiger partial charge in [-0.3, -0.25) is 0 Å². The molecule has 1 saturated heterocycles. The first-order valence-electron chi connectivity index (χ1n) is 11.4. The maximum Gasteiger partial charge on any atom is 0.0635 e. The number of aliphatic hydroxyl groups is 2. The average Bonchev–Trinajstić information content (AvgIpc) is 3.49. The summed E-state index contributed by atoms with van der Waals surface area (Å²) < 4.78 is 6.13. The van der Waals surface area contributed by atoms with Gasteiger partial charge in [0.05, 0.1) is 24.9 Å². The van der Waals surface area contributed by atoms with Crippen molar-refractivity contribution in [2.24, 2.45) is 23.7 Å². The molecule has 1 unspecified atom stereocenters. The number of hydrogen-bond acceptors (Lipinski definition) is 4. The van der Waals surface area contributed by atoms with E-state index in [0.717, 1.165) is 62.5 Å². The zero-order valence-corrected chi connectivity index (χ0v) is 16.3. The number of nitrogens with one attached hydrogen (secondary N) is 1. The Balaban J connectivity index is 1.34. The molecular weight excluding hydrogens is 326 g/mol. The van der Waals surface area contributed by atoms with E-state index in [-0.39, 0.29) is 12.2 Å². The molecule has 1 heterocycles. The van der Waals surface area contributed by atoms with Crippen molar-refractivity contribution >= 4 is 0 Å². The van der Waals surface area contributed by atoms with Crippen molar-refractivity contribution in [1.29, 1.82) is 0 Å². The second kappa shape index (κ2) is 8.89. The highest BCUT2D eigenvalue weighted by Gasteiger charge is 2.40. The van der Waals surface area contributed by atoms with E-state index in [4.69, 9.17) is 4.74 Å². The quantitative estimate of drug-likeness (QED) is 0.632. The third-order valence-electron chi connectivity index (χ3n) is 7.86. The summed E-state index contributed by atoms with van der Waals surface area (Å²) in [5.41, 5.74) is 0. The van der Waals surface area contributed by atoms with Crippen molar-refractivity contribution < 1.29 is 14.9 Å². The molecule has 0 radical (unpaired) electrons. The van der Waals surface area contributed by atoms with Crippen LogP contribution in [0.25, 0.3) is 0 Å². The molecule has 0 aromatic rings. The molecule has 0 aromatic heterocycles. The second-order valence-corrected chi connectivity index (χ2v) is 9.69. The Labute approximate surface area is 159 Å². The third-order valence-corrected chi connectivity index (χ3v) is 7.86. The molecule has 4 rings (SSSR count). The molecule has 1 atom stereocenters. The number of rotatable bonds is 6. The largest absolute Gasteiger partial charge is 0.393 e. The minimum Gasteiger partial charge on any atom is -0.393 e. The van der Waals surface area contributed by atoms with Gasteiger partial charge in [-0.05, 0) is 101 Å². The highest BCUT2D eigenvalue weighted by Crippen LogP contribution is 2.47. The van der Waals surface area contributed by atoms with Gasteiger partial charge in [0.15, 0.2) is 0 Å². The van der Waals surface area contributed by atoms with Gasteiger partial charge in [0.1, 0.15) is 0 Å². The lowest BCUT2D eigenvalue weighted by molar-refractivity contribution is -0.0205. The van der Waals surface area contributed by atoms with E-state index in [1.165, 1.54) is 51.4 Å². The van der Waals surface area contributed by atoms with Gasteiger partial charge in [-0.25, -0.2) is 0 Å². The molecule has 4 heteroatoms. The molecule has 3 N–H and O–H groups in total. The van der Waals surface area contributed by atoms with Gasteiger partial charge < -0.3 is 20.3 Å². The summed E-state index contributed by atoms with van der Waals surface area (Å²) in [7, 11) is 0. The van der Waals surface area contributed by atoms with Crippen LogP contribution in [0.15, 0.2) is 0 Å². The Morgan fingerprint density at radius 1 is 0.692 bits per heavy atom. The second-order valence-electron chi connectivity index (χ2n) is 9.69. The first-order chi connectivity index (χ1) is 12.7. The van der Waals surface area contributed by atoms with Gasteiger partial charge in [-0.2, -0.15) is 0 Å². The van der Waals surface area contributed by atoms with Crippen LogP contribution >= 0.6 is 0 Å². The number of ether oxygens (including phenoxy) is 1. The average molecular weight is 366 g/mol. The Kier molecular flexibility index (Phi) is 6.56. The third kappa shape index (κ3) is 5.01. The van der Waals surface area contributed by atoms with Gasteiger partial charge in [0, 0.05) is 12.6 Å². The normalized spacial score (nSPS) is 45.2. The summed E-state index contributed by atoms with van der Waals surface area (Å²) in [6.07, 6.45) is 14.4. The van der Waals surface area contributed by atoms with E-state index in [1.54, 1.807) is 0 Å². The minimum absolute atomic E-state index is 0.0553. The lowest BCUT2D eigenvalue weighted by Gasteiger charge is -2.45. The van der Waals surface area contributed by atoms with Gasteiger partial charge in [0.25, 0.3) is 0 Å². The van der Waals surface area contributed by atoms with Gasteiger partial charge in [-0.1, -0.05) is 0 Å². The van der Waals surface area contributed by atoms with Gasteiger partial charge >= 0.3 is 0 Å². The summed E-state index contributed by atoms with van der Waals surface area (Å²) in [6.45, 7) is 2.04. The molecule has 0 spiro atoms. The van der Waals surface area contributed by atoms with Crippen LogP contribution in [0.3, 0.4) is 0 Å². The summed E-state index contributed by atoms with van der Waals surface area (Å²) >= 11 is 0. The minimum atomic E-state index is -0.0553. The highest BCUT2D eigenvalue weighted by atomic mass is 16.5. The molecule has 26 heavy (non-hydrogen) atoms. The van der Waals surface area contributed by atoms with Crippen LogP contribution in [0.4, 0.5) is 0 Å². The van der Waals surface area contributed by atoms with Gasteiger partial charge in [-0.15, -0.1) is 0 Å². The molecule has 150 valence electrons. The Hall–Kier alpha value is -0.160. The molecule has 0 aromatic carbocycles. The summed E-state index contributed by atoms with van der Waals surface area (Å²) in [4.78, 5) is 0. The van der Waals surface area contributed by atoms with Gasteiger partial charge in [0.2, 0.25) is 0 Å². The van der Waals surface area contributed by atoms with E-state index >= 15 is 0 Å². The summed E-state index contributed by atoms with van der Waals surface area (Å²) in [6, 6.07) is 0.628. The lowest BCUT2D eigenvalue weighted by atomic mass is 9.61. The van der Waals surface area contributed by atoms with Crippen LogP contribution < -0.4 is 5.32 Å². The first kappa shape index (κ1) is 19.2. The van der Waals surface area contributed by atoms with Crippen molar-refractivity contribution in [3.8, 4) is 0 Å². The molecule has 0 bridgehead atoms.